The molecule has 0 heterocycles. The van der Waals surface area contributed by atoms with E-state index in [1.807, 2.05) is 34.6 Å². The molecule has 0 aromatic rings. The lowest BCUT2D eigenvalue weighted by molar-refractivity contribution is -0.399. The second-order valence-electron chi connectivity index (χ2n) is 10.5. The smallest absolute Gasteiger partial charge is 0.460 e. The number of ether oxygens (including phenoxy) is 1. The van der Waals surface area contributed by atoms with Crippen molar-refractivity contribution in [2.75, 3.05) is 6.61 Å². The lowest BCUT2D eigenvalue weighted by atomic mass is 9.59. The highest BCUT2D eigenvalue weighted by molar-refractivity contribution is 5.77. The van der Waals surface area contributed by atoms with Gasteiger partial charge in [0.15, 0.2) is 0 Å². The van der Waals surface area contributed by atoms with Gasteiger partial charge in [-0.05, 0) is 37.5 Å². The third-order valence-electron chi connectivity index (χ3n) is 6.66. The summed E-state index contributed by atoms with van der Waals surface area (Å²) in [6.45, 7) is 12.0. The van der Waals surface area contributed by atoms with Gasteiger partial charge in [-0.25, -0.2) is 0 Å². The number of carbonyl (C=O) groups excluding carboxylic acids is 1. The van der Waals surface area contributed by atoms with Gasteiger partial charge < -0.3 is 4.74 Å². The monoisotopic (exact) mass is 502 g/mol. The van der Waals surface area contributed by atoms with Crippen LogP contribution in [0.2, 0.25) is 0 Å². The average Bonchev–Trinajstić information content (AvgIpc) is 2.62. The van der Waals surface area contributed by atoms with Crippen LogP contribution in [0.3, 0.4) is 0 Å². The summed E-state index contributed by atoms with van der Waals surface area (Å²) >= 11 is 0. The molecule has 11 heteroatoms. The van der Waals surface area contributed by atoms with Crippen LogP contribution in [0.1, 0.15) is 81.1 Å². The molecule has 0 amide bonds. The molecule has 0 aliphatic carbocycles. The molecule has 0 aromatic heterocycles. The van der Waals surface area contributed by atoms with Gasteiger partial charge in [0, 0.05) is 11.8 Å². The molecule has 0 bridgehead atoms. The number of alkyl halides is 9. The number of hydrogen-bond acceptors (Lipinski definition) is 2. The predicted molar refractivity (Wildman–Crippen MR) is 107 cm³/mol. The van der Waals surface area contributed by atoms with Crippen LogP contribution in [-0.2, 0) is 9.53 Å². The van der Waals surface area contributed by atoms with Crippen LogP contribution >= 0.6 is 0 Å². The van der Waals surface area contributed by atoms with Gasteiger partial charge in [-0.3, -0.25) is 4.79 Å². The molecule has 0 aliphatic heterocycles. The molecule has 0 spiro atoms. The molecular formula is C22H35F9O2. The maximum absolute atomic E-state index is 14.1. The minimum atomic E-state index is -6.95. The summed E-state index contributed by atoms with van der Waals surface area (Å²) < 4.78 is 124. The molecule has 198 valence electrons. The first-order valence-electron chi connectivity index (χ1n) is 10.7. The second-order valence-corrected chi connectivity index (χ2v) is 10.5. The van der Waals surface area contributed by atoms with Gasteiger partial charge in [0.1, 0.15) is 0 Å². The Hall–Kier alpha value is -1.16. The molecule has 0 aromatic carbocycles. The minimum Gasteiger partial charge on any atom is -0.465 e. The fourth-order valence-electron chi connectivity index (χ4n) is 4.01. The molecule has 0 N–H and O–H groups in total. The molecule has 0 fully saturated rings. The lowest BCUT2D eigenvalue weighted by Crippen LogP contribution is -2.61. The maximum Gasteiger partial charge on any atom is 0.460 e. The zero-order chi connectivity index (χ0) is 26.9. The van der Waals surface area contributed by atoms with Gasteiger partial charge in [0.25, 0.3) is 0 Å². The van der Waals surface area contributed by atoms with E-state index in [0.29, 0.717) is 19.3 Å². The van der Waals surface area contributed by atoms with E-state index >= 15 is 0 Å². The molecule has 2 nitrogen and oxygen atoms in total. The predicted octanol–water partition coefficient (Wildman–Crippen LogP) is 8.29. The van der Waals surface area contributed by atoms with E-state index in [0.717, 1.165) is 13.8 Å². The van der Waals surface area contributed by atoms with E-state index in [1.165, 1.54) is 0 Å². The fraction of sp³-hybridized carbons (Fsp3) is 0.955. The Labute approximate surface area is 189 Å². The van der Waals surface area contributed by atoms with Crippen LogP contribution in [0, 0.1) is 22.2 Å². The van der Waals surface area contributed by atoms with Crippen LogP contribution in [0.15, 0.2) is 0 Å². The highest BCUT2D eigenvalue weighted by Gasteiger charge is 2.81. The third kappa shape index (κ3) is 6.29. The summed E-state index contributed by atoms with van der Waals surface area (Å²) in [4.78, 5) is 13.0. The first-order chi connectivity index (χ1) is 14.4. The zero-order valence-corrected chi connectivity index (χ0v) is 20.3. The quantitative estimate of drug-likeness (QED) is 0.198. The Balaban J connectivity index is 5.79. The third-order valence-corrected chi connectivity index (χ3v) is 6.66. The summed E-state index contributed by atoms with van der Waals surface area (Å²) in [6, 6.07) is 0. The van der Waals surface area contributed by atoms with Gasteiger partial charge in [0.05, 0.1) is 12.0 Å². The van der Waals surface area contributed by atoms with E-state index in [4.69, 9.17) is 4.74 Å². The fourth-order valence-corrected chi connectivity index (χ4v) is 4.01. The standard InChI is InChI=1S/C22H35F9O2/c1-9-17(7,10-2)18(8,11-14(3)4)15(32)33-13-16(5,6)12-19(23,24)20(25,26)21(27,28)22(29,30)31/h14H,9-13H2,1-8H3. The van der Waals surface area contributed by atoms with Gasteiger partial charge in [-0.15, -0.1) is 0 Å². The summed E-state index contributed by atoms with van der Waals surface area (Å²) in [5, 5.41) is 0. The summed E-state index contributed by atoms with van der Waals surface area (Å²) in [5.74, 6) is -20.1. The lowest BCUT2D eigenvalue weighted by Gasteiger charge is -2.45. The summed E-state index contributed by atoms with van der Waals surface area (Å²) in [5.41, 5.74) is -3.65. The number of halogens is 9. The van der Waals surface area contributed by atoms with Gasteiger partial charge >= 0.3 is 29.9 Å². The number of rotatable bonds is 12. The normalized spacial score (nSPS) is 16.7. The second kappa shape index (κ2) is 9.84. The van der Waals surface area contributed by atoms with E-state index in [1.54, 1.807) is 6.92 Å². The van der Waals surface area contributed by atoms with E-state index < -0.39 is 59.2 Å². The van der Waals surface area contributed by atoms with E-state index in [2.05, 4.69) is 0 Å². The van der Waals surface area contributed by atoms with Gasteiger partial charge in [-0.2, -0.15) is 39.5 Å². The van der Waals surface area contributed by atoms with Crippen molar-refractivity contribution in [3.05, 3.63) is 0 Å². The van der Waals surface area contributed by atoms with Crippen molar-refractivity contribution >= 4 is 5.97 Å². The van der Waals surface area contributed by atoms with Gasteiger partial charge in [0.2, 0.25) is 0 Å². The van der Waals surface area contributed by atoms with Crippen molar-refractivity contribution in [2.45, 2.75) is 105 Å². The van der Waals surface area contributed by atoms with Crippen LogP contribution in [0.4, 0.5) is 39.5 Å². The number of hydrogen-bond donors (Lipinski definition) is 0. The van der Waals surface area contributed by atoms with Crippen molar-refractivity contribution in [3.63, 3.8) is 0 Å². The Morgan fingerprint density at radius 2 is 1.21 bits per heavy atom. The Morgan fingerprint density at radius 1 is 0.788 bits per heavy atom. The molecule has 0 saturated carbocycles. The molecule has 0 saturated heterocycles. The molecule has 33 heavy (non-hydrogen) atoms. The Kier molecular flexibility index (Phi) is 9.49. The summed E-state index contributed by atoms with van der Waals surface area (Å²) in [6.07, 6.45) is -7.42. The first-order valence-corrected chi connectivity index (χ1v) is 10.7. The highest BCUT2D eigenvalue weighted by Crippen LogP contribution is 2.56. The average molecular weight is 503 g/mol. The topological polar surface area (TPSA) is 26.3 Å². The highest BCUT2D eigenvalue weighted by atomic mass is 19.4. The van der Waals surface area contributed by atoms with Gasteiger partial charge in [-0.1, -0.05) is 48.5 Å². The first kappa shape index (κ1) is 31.8. The Morgan fingerprint density at radius 3 is 1.55 bits per heavy atom. The van der Waals surface area contributed by atoms with Crippen molar-refractivity contribution in [1.29, 1.82) is 0 Å². The number of carbonyl (C=O) groups is 1. The largest absolute Gasteiger partial charge is 0.465 e. The van der Waals surface area contributed by atoms with Crippen molar-refractivity contribution < 1.29 is 49.0 Å². The van der Waals surface area contributed by atoms with Crippen LogP contribution in [0.5, 0.6) is 0 Å². The van der Waals surface area contributed by atoms with Crippen molar-refractivity contribution in [2.24, 2.45) is 22.2 Å². The van der Waals surface area contributed by atoms with Crippen molar-refractivity contribution in [3.8, 4) is 0 Å². The molecule has 0 radical (unpaired) electrons. The molecular weight excluding hydrogens is 467 g/mol. The van der Waals surface area contributed by atoms with E-state index in [9.17, 15) is 44.3 Å². The minimum absolute atomic E-state index is 0.0422. The maximum atomic E-state index is 14.1. The zero-order valence-electron chi connectivity index (χ0n) is 20.3. The van der Waals surface area contributed by atoms with Crippen LogP contribution in [-0.4, -0.2) is 36.5 Å². The van der Waals surface area contributed by atoms with E-state index in [-0.39, 0.29) is 5.92 Å². The molecule has 0 rings (SSSR count). The van der Waals surface area contributed by atoms with Crippen LogP contribution < -0.4 is 0 Å². The SMILES string of the molecule is CCC(C)(CC)C(C)(CC(C)C)C(=O)OCC(C)(C)CC(F)(F)C(F)(F)C(F)(F)C(F)(F)F. The molecule has 0 aliphatic rings. The molecule has 1 unspecified atom stereocenters. The van der Waals surface area contributed by atoms with Crippen LogP contribution in [0.25, 0.3) is 0 Å². The molecule has 1 atom stereocenters. The van der Waals surface area contributed by atoms with Crippen molar-refractivity contribution in [1.82, 2.24) is 0 Å². The Bertz CT molecular complexity index is 665. The summed E-state index contributed by atoms with van der Waals surface area (Å²) in [7, 11) is 0. The number of esters is 1.